The van der Waals surface area contributed by atoms with Crippen LogP contribution in [0.3, 0.4) is 0 Å². The van der Waals surface area contributed by atoms with Crippen LogP contribution in [0.5, 0.6) is 0 Å². The van der Waals surface area contributed by atoms with E-state index in [-0.39, 0.29) is 5.54 Å². The van der Waals surface area contributed by atoms with E-state index in [0.717, 1.165) is 6.54 Å². The van der Waals surface area contributed by atoms with E-state index in [1.165, 1.54) is 11.3 Å². The van der Waals surface area contributed by atoms with Gasteiger partial charge in [0.1, 0.15) is 0 Å². The molecular formula is C11H21N3. The zero-order chi connectivity index (χ0) is 10.8. The fourth-order valence-corrected chi connectivity index (χ4v) is 1.32. The first kappa shape index (κ1) is 11.2. The maximum Gasteiger partial charge on any atom is 0.0535 e. The minimum atomic E-state index is 0.158. The predicted molar refractivity (Wildman–Crippen MR) is 59.3 cm³/mol. The summed E-state index contributed by atoms with van der Waals surface area (Å²) in [5.41, 5.74) is 2.67. The van der Waals surface area contributed by atoms with E-state index in [9.17, 15) is 0 Å². The lowest BCUT2D eigenvalue weighted by atomic mass is 10.0. The van der Waals surface area contributed by atoms with Gasteiger partial charge in [-0.25, -0.2) is 0 Å². The molecule has 0 atom stereocenters. The van der Waals surface area contributed by atoms with Gasteiger partial charge in [-0.05, 0) is 26.7 Å². The smallest absolute Gasteiger partial charge is 0.0535 e. The zero-order valence-electron chi connectivity index (χ0n) is 9.81. The van der Waals surface area contributed by atoms with Gasteiger partial charge in [0.2, 0.25) is 0 Å². The number of rotatable bonds is 3. The maximum atomic E-state index is 4.08. The van der Waals surface area contributed by atoms with Gasteiger partial charge in [-0.15, -0.1) is 0 Å². The Kier molecular flexibility index (Phi) is 3.32. The highest BCUT2D eigenvalue weighted by atomic mass is 15.1. The Hall–Kier alpha value is -0.830. The second-order valence-corrected chi connectivity index (χ2v) is 5.07. The van der Waals surface area contributed by atoms with Crippen molar-refractivity contribution >= 4 is 0 Å². The largest absolute Gasteiger partial charge is 0.308 e. The first-order valence-corrected chi connectivity index (χ1v) is 5.17. The monoisotopic (exact) mass is 195 g/mol. The number of aromatic nitrogens is 2. The third-order valence-corrected chi connectivity index (χ3v) is 2.14. The first-order valence-electron chi connectivity index (χ1n) is 5.17. The minimum absolute atomic E-state index is 0.158. The number of nitrogens with one attached hydrogen (secondary N) is 2. The molecule has 0 radical (unpaired) electrons. The summed E-state index contributed by atoms with van der Waals surface area (Å²) >= 11 is 0. The summed E-state index contributed by atoms with van der Waals surface area (Å²) < 4.78 is 0. The van der Waals surface area contributed by atoms with Gasteiger partial charge in [0.15, 0.2) is 0 Å². The van der Waals surface area contributed by atoms with Crippen LogP contribution < -0.4 is 5.32 Å². The molecule has 0 aliphatic rings. The van der Waals surface area contributed by atoms with E-state index in [4.69, 9.17) is 0 Å². The van der Waals surface area contributed by atoms with Gasteiger partial charge in [-0.3, -0.25) is 5.10 Å². The lowest BCUT2D eigenvalue weighted by Crippen LogP contribution is -2.35. The van der Waals surface area contributed by atoms with Crippen LogP contribution in [0, 0.1) is 0 Å². The third-order valence-electron chi connectivity index (χ3n) is 2.14. The Labute approximate surface area is 86.3 Å². The molecule has 2 N–H and O–H groups in total. The molecule has 3 nitrogen and oxygen atoms in total. The number of hydrogen-bond donors (Lipinski definition) is 2. The molecule has 0 fully saturated rings. The molecule has 0 unspecified atom stereocenters. The summed E-state index contributed by atoms with van der Waals surface area (Å²) in [7, 11) is 0. The fourth-order valence-electron chi connectivity index (χ4n) is 1.32. The highest BCUT2D eigenvalue weighted by Gasteiger charge is 2.12. The second-order valence-electron chi connectivity index (χ2n) is 5.07. The molecule has 0 spiro atoms. The Morgan fingerprint density at radius 3 is 2.57 bits per heavy atom. The molecule has 1 aromatic heterocycles. The van der Waals surface area contributed by atoms with Crippen molar-refractivity contribution in [2.24, 2.45) is 0 Å². The van der Waals surface area contributed by atoms with E-state index < -0.39 is 0 Å². The van der Waals surface area contributed by atoms with Crippen molar-refractivity contribution in [1.82, 2.24) is 15.5 Å². The third kappa shape index (κ3) is 3.14. The van der Waals surface area contributed by atoms with Gasteiger partial charge in [0.05, 0.1) is 6.20 Å². The van der Waals surface area contributed by atoms with Gasteiger partial charge in [-0.1, -0.05) is 13.8 Å². The normalized spacial score (nSPS) is 12.4. The summed E-state index contributed by atoms with van der Waals surface area (Å²) in [5.74, 6) is 0.509. The quantitative estimate of drug-likeness (QED) is 0.777. The predicted octanol–water partition coefficient (Wildman–Crippen LogP) is 2.42. The van der Waals surface area contributed by atoms with Crippen molar-refractivity contribution < 1.29 is 0 Å². The molecule has 0 aliphatic carbocycles. The van der Waals surface area contributed by atoms with Gasteiger partial charge >= 0.3 is 0 Å². The van der Waals surface area contributed by atoms with Crippen molar-refractivity contribution in [1.29, 1.82) is 0 Å². The summed E-state index contributed by atoms with van der Waals surface area (Å²) in [6, 6.07) is 0. The Balaban J connectivity index is 2.63. The van der Waals surface area contributed by atoms with Gasteiger partial charge in [0.25, 0.3) is 0 Å². The minimum Gasteiger partial charge on any atom is -0.308 e. The maximum absolute atomic E-state index is 4.08. The standard InChI is InChI=1S/C11H21N3/c1-8(2)10-9(7-13-14-10)6-12-11(3,4)5/h7-8,12H,6H2,1-5H3,(H,13,14). The molecule has 0 aromatic carbocycles. The van der Waals surface area contributed by atoms with Crippen molar-refractivity contribution in [3.05, 3.63) is 17.5 Å². The Bertz CT molecular complexity index is 281. The molecule has 3 heteroatoms. The van der Waals surface area contributed by atoms with Gasteiger partial charge in [-0.2, -0.15) is 5.10 Å². The van der Waals surface area contributed by atoms with Crippen LogP contribution >= 0.6 is 0 Å². The van der Waals surface area contributed by atoms with Crippen molar-refractivity contribution in [2.45, 2.75) is 52.6 Å². The molecule has 1 heterocycles. The molecule has 0 amide bonds. The van der Waals surface area contributed by atoms with E-state index in [1.54, 1.807) is 0 Å². The molecule has 0 bridgehead atoms. The van der Waals surface area contributed by atoms with Crippen LogP contribution in [0.2, 0.25) is 0 Å². The van der Waals surface area contributed by atoms with E-state index >= 15 is 0 Å². The van der Waals surface area contributed by atoms with E-state index in [1.807, 2.05) is 6.20 Å². The van der Waals surface area contributed by atoms with E-state index in [0.29, 0.717) is 5.92 Å². The molecule has 0 saturated heterocycles. The van der Waals surface area contributed by atoms with Crippen molar-refractivity contribution in [3.63, 3.8) is 0 Å². The van der Waals surface area contributed by atoms with Crippen LogP contribution in [0.1, 0.15) is 51.8 Å². The molecule has 1 rings (SSSR count). The highest BCUT2D eigenvalue weighted by molar-refractivity contribution is 5.19. The van der Waals surface area contributed by atoms with Crippen LogP contribution in [0.25, 0.3) is 0 Å². The Morgan fingerprint density at radius 1 is 1.43 bits per heavy atom. The van der Waals surface area contributed by atoms with Crippen molar-refractivity contribution in [2.75, 3.05) is 0 Å². The average Bonchev–Trinajstić information content (AvgIpc) is 2.46. The first-order chi connectivity index (χ1) is 6.40. The number of nitrogens with zero attached hydrogens (tertiary/aromatic N) is 1. The molecular weight excluding hydrogens is 174 g/mol. The van der Waals surface area contributed by atoms with E-state index in [2.05, 4.69) is 50.1 Å². The SMILES string of the molecule is CC(C)c1[nH]ncc1CNC(C)(C)C. The molecule has 80 valence electrons. The van der Waals surface area contributed by atoms with Crippen LogP contribution in [-0.2, 0) is 6.54 Å². The zero-order valence-corrected chi connectivity index (χ0v) is 9.81. The molecule has 0 aliphatic heterocycles. The number of hydrogen-bond acceptors (Lipinski definition) is 2. The lowest BCUT2D eigenvalue weighted by molar-refractivity contribution is 0.423. The topological polar surface area (TPSA) is 40.7 Å². The highest BCUT2D eigenvalue weighted by Crippen LogP contribution is 2.16. The van der Waals surface area contributed by atoms with Gasteiger partial charge in [0, 0.05) is 23.3 Å². The number of H-pyrrole nitrogens is 1. The van der Waals surface area contributed by atoms with Crippen LogP contribution in [0.15, 0.2) is 6.20 Å². The molecule has 1 aromatic rings. The fraction of sp³-hybridized carbons (Fsp3) is 0.727. The molecule has 14 heavy (non-hydrogen) atoms. The lowest BCUT2D eigenvalue weighted by Gasteiger charge is -2.20. The summed E-state index contributed by atoms with van der Waals surface area (Å²) in [6.07, 6.45) is 1.91. The average molecular weight is 195 g/mol. The second kappa shape index (κ2) is 4.13. The van der Waals surface area contributed by atoms with Crippen molar-refractivity contribution in [3.8, 4) is 0 Å². The van der Waals surface area contributed by atoms with Crippen LogP contribution in [-0.4, -0.2) is 15.7 Å². The summed E-state index contributed by atoms with van der Waals surface area (Å²) in [4.78, 5) is 0. The van der Waals surface area contributed by atoms with Crippen LogP contribution in [0.4, 0.5) is 0 Å². The number of aromatic amines is 1. The summed E-state index contributed by atoms with van der Waals surface area (Å²) in [5, 5.41) is 10.6. The Morgan fingerprint density at radius 2 is 2.07 bits per heavy atom. The summed E-state index contributed by atoms with van der Waals surface area (Å²) in [6.45, 7) is 11.7. The molecule has 0 saturated carbocycles. The van der Waals surface area contributed by atoms with Gasteiger partial charge < -0.3 is 5.32 Å².